The van der Waals surface area contributed by atoms with E-state index in [1.807, 2.05) is 0 Å². The summed E-state index contributed by atoms with van der Waals surface area (Å²) in [6.07, 6.45) is 9.12. The van der Waals surface area contributed by atoms with Crippen LogP contribution >= 0.6 is 0 Å². The number of hydrogen-bond donors (Lipinski definition) is 1. The van der Waals surface area contributed by atoms with E-state index in [2.05, 4.69) is 66.9 Å². The Morgan fingerprint density at radius 3 is 2.86 bits per heavy atom. The molecular formula is C28H39N7O. The van der Waals surface area contributed by atoms with E-state index >= 15 is 0 Å². The SMILES string of the molecule is CCN(CCCNC(=O)C1CCCN(c2ncnc3c2nc2n3CCCCC2)C1)Cc1ccccc1. The summed E-state index contributed by atoms with van der Waals surface area (Å²) in [5, 5.41) is 3.21. The molecule has 0 saturated carbocycles. The van der Waals surface area contributed by atoms with Crippen LogP contribution in [0.25, 0.3) is 11.2 Å². The van der Waals surface area contributed by atoms with Gasteiger partial charge in [0, 0.05) is 45.7 Å². The summed E-state index contributed by atoms with van der Waals surface area (Å²) in [5.74, 6) is 2.16. The fourth-order valence-electron chi connectivity index (χ4n) is 5.59. The first kappa shape index (κ1) is 24.7. The molecule has 1 amide bonds. The Kier molecular flexibility index (Phi) is 8.11. The smallest absolute Gasteiger partial charge is 0.224 e. The van der Waals surface area contributed by atoms with Crippen LogP contribution in [0.2, 0.25) is 0 Å². The predicted octanol–water partition coefficient (Wildman–Crippen LogP) is 3.80. The van der Waals surface area contributed by atoms with E-state index in [0.717, 1.165) is 81.2 Å². The van der Waals surface area contributed by atoms with Gasteiger partial charge >= 0.3 is 0 Å². The average Bonchev–Trinajstić information content (AvgIpc) is 3.11. The second kappa shape index (κ2) is 11.8. The molecule has 8 heteroatoms. The number of piperidine rings is 1. The highest BCUT2D eigenvalue weighted by Gasteiger charge is 2.29. The predicted molar refractivity (Wildman–Crippen MR) is 143 cm³/mol. The van der Waals surface area contributed by atoms with E-state index in [4.69, 9.17) is 4.98 Å². The standard InChI is InChI=1S/C28H39N7O/c1-2-33(19-22-11-5-3-6-12-22)16-10-15-29-28(36)23-13-9-17-34(20-23)26-25-27(31-21-30-26)35-18-8-4-7-14-24(35)32-25/h3,5-6,11-12,21,23H,2,4,7-10,13-20H2,1H3,(H,29,36). The molecule has 3 aromatic rings. The summed E-state index contributed by atoms with van der Waals surface area (Å²) in [6.45, 7) is 8.42. The van der Waals surface area contributed by atoms with Crippen molar-refractivity contribution in [3.8, 4) is 0 Å². The lowest BCUT2D eigenvalue weighted by Crippen LogP contribution is -2.44. The third-order valence-electron chi connectivity index (χ3n) is 7.61. The summed E-state index contributed by atoms with van der Waals surface area (Å²) < 4.78 is 2.28. The van der Waals surface area contributed by atoms with Crippen molar-refractivity contribution in [1.82, 2.24) is 29.7 Å². The first-order valence-electron chi connectivity index (χ1n) is 13.7. The zero-order chi connectivity index (χ0) is 24.7. The lowest BCUT2D eigenvalue weighted by Gasteiger charge is -2.32. The molecule has 1 atom stereocenters. The van der Waals surface area contributed by atoms with Crippen molar-refractivity contribution >= 4 is 22.9 Å². The monoisotopic (exact) mass is 489 g/mol. The van der Waals surface area contributed by atoms with Crippen molar-refractivity contribution in [3.05, 3.63) is 48.0 Å². The fourth-order valence-corrected chi connectivity index (χ4v) is 5.59. The molecule has 1 saturated heterocycles. The van der Waals surface area contributed by atoms with Gasteiger partial charge in [0.15, 0.2) is 17.0 Å². The number of imidazole rings is 1. The molecule has 0 aliphatic carbocycles. The average molecular weight is 490 g/mol. The van der Waals surface area contributed by atoms with Gasteiger partial charge in [0.25, 0.3) is 0 Å². The number of nitrogens with zero attached hydrogens (tertiary/aromatic N) is 6. The summed E-state index contributed by atoms with van der Waals surface area (Å²) >= 11 is 0. The van der Waals surface area contributed by atoms with Crippen LogP contribution in [0.5, 0.6) is 0 Å². The molecule has 1 aromatic carbocycles. The first-order valence-corrected chi connectivity index (χ1v) is 13.7. The highest BCUT2D eigenvalue weighted by Crippen LogP contribution is 2.29. The van der Waals surface area contributed by atoms with Crippen LogP contribution < -0.4 is 10.2 Å². The summed E-state index contributed by atoms with van der Waals surface area (Å²) in [6, 6.07) is 10.6. The number of amides is 1. The molecule has 0 radical (unpaired) electrons. The van der Waals surface area contributed by atoms with Crippen molar-refractivity contribution in [2.24, 2.45) is 5.92 Å². The molecule has 1 unspecified atom stereocenters. The number of carbonyl (C=O) groups is 1. The van der Waals surface area contributed by atoms with Gasteiger partial charge in [0.1, 0.15) is 12.2 Å². The molecule has 5 rings (SSSR count). The Balaban J connectivity index is 1.15. The Bertz CT molecular complexity index is 1150. The molecular weight excluding hydrogens is 450 g/mol. The number of fused-ring (bicyclic) bond motifs is 3. The van der Waals surface area contributed by atoms with Gasteiger partial charge in [-0.05, 0) is 44.2 Å². The van der Waals surface area contributed by atoms with Crippen LogP contribution in [0.15, 0.2) is 36.7 Å². The van der Waals surface area contributed by atoms with Crippen molar-refractivity contribution in [2.45, 2.75) is 65.0 Å². The van der Waals surface area contributed by atoms with Gasteiger partial charge in [0.05, 0.1) is 5.92 Å². The highest BCUT2D eigenvalue weighted by molar-refractivity contribution is 5.85. The van der Waals surface area contributed by atoms with Crippen LogP contribution in [0.1, 0.15) is 56.8 Å². The molecule has 0 bridgehead atoms. The second-order valence-corrected chi connectivity index (χ2v) is 10.1. The van der Waals surface area contributed by atoms with E-state index in [0.29, 0.717) is 13.1 Å². The number of rotatable bonds is 9. The summed E-state index contributed by atoms with van der Waals surface area (Å²) in [7, 11) is 0. The minimum absolute atomic E-state index is 0.0178. The van der Waals surface area contributed by atoms with Crippen molar-refractivity contribution in [2.75, 3.05) is 37.6 Å². The molecule has 0 spiro atoms. The maximum absolute atomic E-state index is 13.0. The van der Waals surface area contributed by atoms with Crippen molar-refractivity contribution < 1.29 is 4.79 Å². The quantitative estimate of drug-likeness (QED) is 0.461. The maximum atomic E-state index is 13.0. The largest absolute Gasteiger partial charge is 0.356 e. The maximum Gasteiger partial charge on any atom is 0.224 e. The lowest BCUT2D eigenvalue weighted by molar-refractivity contribution is -0.125. The number of nitrogens with one attached hydrogen (secondary N) is 1. The number of anilines is 1. The van der Waals surface area contributed by atoms with Gasteiger partial charge in [-0.1, -0.05) is 43.7 Å². The number of aromatic nitrogens is 4. The van der Waals surface area contributed by atoms with Crippen LogP contribution in [-0.2, 0) is 24.3 Å². The van der Waals surface area contributed by atoms with Crippen molar-refractivity contribution in [3.63, 3.8) is 0 Å². The number of aryl methyl sites for hydroxylation is 2. The Morgan fingerprint density at radius 2 is 2.00 bits per heavy atom. The Labute approximate surface area is 214 Å². The van der Waals surface area contributed by atoms with Gasteiger partial charge in [-0.2, -0.15) is 0 Å². The van der Waals surface area contributed by atoms with E-state index < -0.39 is 0 Å². The van der Waals surface area contributed by atoms with Gasteiger partial charge in [0.2, 0.25) is 5.91 Å². The molecule has 8 nitrogen and oxygen atoms in total. The molecule has 2 aromatic heterocycles. The van der Waals surface area contributed by atoms with Gasteiger partial charge in [-0.25, -0.2) is 15.0 Å². The summed E-state index contributed by atoms with van der Waals surface area (Å²) in [5.41, 5.74) is 3.17. The summed E-state index contributed by atoms with van der Waals surface area (Å²) in [4.78, 5) is 31.9. The number of carbonyl (C=O) groups excluding carboxylic acids is 1. The van der Waals surface area contributed by atoms with E-state index in [1.165, 1.54) is 24.8 Å². The van der Waals surface area contributed by atoms with E-state index in [9.17, 15) is 4.79 Å². The van der Waals surface area contributed by atoms with Crippen LogP contribution in [-0.4, -0.2) is 63.0 Å². The molecule has 192 valence electrons. The zero-order valence-corrected chi connectivity index (χ0v) is 21.5. The van der Waals surface area contributed by atoms with Crippen LogP contribution in [0.4, 0.5) is 5.82 Å². The highest BCUT2D eigenvalue weighted by atomic mass is 16.1. The van der Waals surface area contributed by atoms with Gasteiger partial charge in [-0.3, -0.25) is 9.69 Å². The van der Waals surface area contributed by atoms with E-state index in [-0.39, 0.29) is 11.8 Å². The third kappa shape index (κ3) is 5.69. The van der Waals surface area contributed by atoms with E-state index in [1.54, 1.807) is 6.33 Å². The topological polar surface area (TPSA) is 79.2 Å². The van der Waals surface area contributed by atoms with Crippen molar-refractivity contribution in [1.29, 1.82) is 0 Å². The van der Waals surface area contributed by atoms with Gasteiger partial charge < -0.3 is 14.8 Å². The number of hydrogen-bond acceptors (Lipinski definition) is 6. The molecule has 36 heavy (non-hydrogen) atoms. The minimum atomic E-state index is -0.0178. The molecule has 1 fully saturated rings. The van der Waals surface area contributed by atoms with Crippen LogP contribution in [0.3, 0.4) is 0 Å². The minimum Gasteiger partial charge on any atom is -0.356 e. The first-order chi connectivity index (χ1) is 17.7. The Morgan fingerprint density at radius 1 is 1.11 bits per heavy atom. The zero-order valence-electron chi connectivity index (χ0n) is 21.5. The molecule has 2 aliphatic heterocycles. The number of benzene rings is 1. The van der Waals surface area contributed by atoms with Crippen LogP contribution in [0, 0.1) is 5.92 Å². The van der Waals surface area contributed by atoms with Gasteiger partial charge in [-0.15, -0.1) is 0 Å². The normalized spacial score (nSPS) is 18.3. The third-order valence-corrected chi connectivity index (χ3v) is 7.61. The molecule has 2 aliphatic rings. The fraction of sp³-hybridized carbons (Fsp3) is 0.571. The molecule has 1 N–H and O–H groups in total. The molecule has 4 heterocycles. The Hall–Kier alpha value is -3.00. The second-order valence-electron chi connectivity index (χ2n) is 10.1. The lowest BCUT2D eigenvalue weighted by atomic mass is 9.97.